The van der Waals surface area contributed by atoms with Crippen LogP contribution in [-0.4, -0.2) is 36.3 Å². The minimum absolute atomic E-state index is 0.152. The number of hydrogen-bond acceptors (Lipinski definition) is 5. The summed E-state index contributed by atoms with van der Waals surface area (Å²) < 4.78 is 10.4. The quantitative estimate of drug-likeness (QED) is 0.800. The summed E-state index contributed by atoms with van der Waals surface area (Å²) >= 11 is 0.946. The van der Waals surface area contributed by atoms with Crippen LogP contribution in [0.2, 0.25) is 0 Å². The molecule has 1 aliphatic heterocycles. The molecule has 6 heteroatoms. The van der Waals surface area contributed by atoms with E-state index in [1.807, 2.05) is 13.8 Å². The van der Waals surface area contributed by atoms with Gasteiger partial charge in [0.05, 0.1) is 19.1 Å². The molecule has 2 amide bonds. The van der Waals surface area contributed by atoms with Gasteiger partial charge >= 0.3 is 0 Å². The molecule has 0 atom stereocenters. The Bertz CT molecular complexity index is 610. The predicted molar refractivity (Wildman–Crippen MR) is 82.5 cm³/mol. The Labute approximate surface area is 127 Å². The number of ether oxygens (including phenoxy) is 2. The normalized spacial score (nSPS) is 17.0. The molecule has 0 saturated carbocycles. The van der Waals surface area contributed by atoms with Crippen molar-refractivity contribution in [2.75, 3.05) is 14.2 Å². The maximum absolute atomic E-state index is 12.2. The number of thioether (sulfide) groups is 1. The smallest absolute Gasteiger partial charge is 0.293 e. The van der Waals surface area contributed by atoms with Gasteiger partial charge in [0.25, 0.3) is 11.1 Å². The second kappa shape index (κ2) is 6.22. The van der Waals surface area contributed by atoms with E-state index >= 15 is 0 Å². The van der Waals surface area contributed by atoms with Crippen molar-refractivity contribution >= 4 is 29.0 Å². The maximum atomic E-state index is 12.2. The molecule has 0 radical (unpaired) electrons. The van der Waals surface area contributed by atoms with Crippen molar-refractivity contribution < 1.29 is 19.1 Å². The zero-order chi connectivity index (χ0) is 15.6. The third-order valence-electron chi connectivity index (χ3n) is 3.07. The summed E-state index contributed by atoms with van der Waals surface area (Å²) in [6.07, 6.45) is 1.67. The third-order valence-corrected chi connectivity index (χ3v) is 3.95. The van der Waals surface area contributed by atoms with E-state index in [1.54, 1.807) is 38.5 Å². The summed E-state index contributed by atoms with van der Waals surface area (Å²) in [5.74, 6) is 0.989. The fourth-order valence-corrected chi connectivity index (χ4v) is 2.96. The van der Waals surface area contributed by atoms with E-state index in [0.717, 1.165) is 17.3 Å². The highest BCUT2D eigenvalue weighted by molar-refractivity contribution is 8.18. The molecule has 2 rings (SSSR count). The molecule has 1 aromatic rings. The Morgan fingerprint density at radius 2 is 1.90 bits per heavy atom. The molecule has 0 bridgehead atoms. The van der Waals surface area contributed by atoms with Gasteiger partial charge in [0.15, 0.2) is 0 Å². The van der Waals surface area contributed by atoms with Crippen LogP contribution in [0.5, 0.6) is 11.5 Å². The lowest BCUT2D eigenvalue weighted by Gasteiger charge is -2.16. The average molecular weight is 307 g/mol. The van der Waals surface area contributed by atoms with Crippen LogP contribution in [-0.2, 0) is 4.79 Å². The molecule has 0 aliphatic carbocycles. The van der Waals surface area contributed by atoms with E-state index in [4.69, 9.17) is 9.47 Å². The minimum Gasteiger partial charge on any atom is -0.497 e. The largest absolute Gasteiger partial charge is 0.497 e. The van der Waals surface area contributed by atoms with Gasteiger partial charge in [-0.05, 0) is 43.8 Å². The summed E-state index contributed by atoms with van der Waals surface area (Å²) in [7, 11) is 3.12. The number of rotatable bonds is 4. The molecular formula is C15H17NO4S. The number of benzene rings is 1. The molecule has 1 saturated heterocycles. The zero-order valence-electron chi connectivity index (χ0n) is 12.4. The van der Waals surface area contributed by atoms with E-state index in [1.165, 1.54) is 4.90 Å². The first-order valence-electron chi connectivity index (χ1n) is 6.47. The fourth-order valence-electron chi connectivity index (χ4n) is 2.00. The molecule has 0 aromatic heterocycles. The van der Waals surface area contributed by atoms with Crippen molar-refractivity contribution in [3.05, 3.63) is 28.7 Å². The molecule has 0 spiro atoms. The highest BCUT2D eigenvalue weighted by Gasteiger charge is 2.36. The molecule has 112 valence electrons. The highest BCUT2D eigenvalue weighted by atomic mass is 32.2. The van der Waals surface area contributed by atoms with Gasteiger partial charge in [0.1, 0.15) is 11.5 Å². The van der Waals surface area contributed by atoms with Gasteiger partial charge in [-0.3, -0.25) is 14.5 Å². The number of nitrogens with zero attached hydrogens (tertiary/aromatic N) is 1. The molecule has 1 fully saturated rings. The van der Waals surface area contributed by atoms with Crippen LogP contribution < -0.4 is 9.47 Å². The number of carbonyl (C=O) groups excluding carboxylic acids is 2. The molecule has 1 heterocycles. The first-order valence-corrected chi connectivity index (χ1v) is 7.28. The van der Waals surface area contributed by atoms with Gasteiger partial charge in [-0.25, -0.2) is 0 Å². The molecular weight excluding hydrogens is 290 g/mol. The Kier molecular flexibility index (Phi) is 4.57. The number of methoxy groups -OCH3 is 2. The zero-order valence-corrected chi connectivity index (χ0v) is 13.2. The lowest BCUT2D eigenvalue weighted by Crippen LogP contribution is -2.34. The standard InChI is InChI=1S/C15H17NO4S/c1-9(2)16-14(17)13(21-15(16)18)7-10-5-6-11(19-3)8-12(10)20-4/h5-9H,1-4H3/b13-7+. The van der Waals surface area contributed by atoms with Crippen LogP contribution in [0.25, 0.3) is 6.08 Å². The van der Waals surface area contributed by atoms with Crippen LogP contribution in [0, 0.1) is 0 Å². The van der Waals surface area contributed by atoms with Crippen LogP contribution in [0.1, 0.15) is 19.4 Å². The van der Waals surface area contributed by atoms with Crippen molar-refractivity contribution in [2.24, 2.45) is 0 Å². The fraction of sp³-hybridized carbons (Fsp3) is 0.333. The number of amides is 2. The third kappa shape index (κ3) is 3.05. The SMILES string of the molecule is COc1ccc(/C=C2/SC(=O)N(C(C)C)C2=O)c(OC)c1. The topological polar surface area (TPSA) is 55.8 Å². The summed E-state index contributed by atoms with van der Waals surface area (Å²) in [5.41, 5.74) is 0.729. The van der Waals surface area contributed by atoms with Crippen molar-refractivity contribution in [2.45, 2.75) is 19.9 Å². The van der Waals surface area contributed by atoms with Crippen molar-refractivity contribution in [3.8, 4) is 11.5 Å². The van der Waals surface area contributed by atoms with Gasteiger partial charge in [-0.15, -0.1) is 0 Å². The predicted octanol–water partition coefficient (Wildman–Crippen LogP) is 3.15. The second-order valence-electron chi connectivity index (χ2n) is 4.75. The average Bonchev–Trinajstić information content (AvgIpc) is 2.73. The Hall–Kier alpha value is -1.95. The van der Waals surface area contributed by atoms with E-state index in [0.29, 0.717) is 16.4 Å². The summed E-state index contributed by atoms with van der Waals surface area (Å²) in [6.45, 7) is 3.63. The monoisotopic (exact) mass is 307 g/mol. The Morgan fingerprint density at radius 1 is 1.19 bits per heavy atom. The van der Waals surface area contributed by atoms with Gasteiger partial charge < -0.3 is 9.47 Å². The molecule has 1 aromatic carbocycles. The van der Waals surface area contributed by atoms with Gasteiger partial charge in [0, 0.05) is 17.7 Å². The highest BCUT2D eigenvalue weighted by Crippen LogP contribution is 2.35. The van der Waals surface area contributed by atoms with E-state index in [-0.39, 0.29) is 17.2 Å². The number of hydrogen-bond donors (Lipinski definition) is 0. The summed E-state index contributed by atoms with van der Waals surface area (Å²) in [6, 6.07) is 5.15. The molecule has 0 unspecified atom stereocenters. The van der Waals surface area contributed by atoms with Crippen LogP contribution in [0.4, 0.5) is 4.79 Å². The van der Waals surface area contributed by atoms with Crippen LogP contribution in [0.15, 0.2) is 23.1 Å². The summed E-state index contributed by atoms with van der Waals surface area (Å²) in [4.78, 5) is 25.7. The van der Waals surface area contributed by atoms with Crippen LogP contribution >= 0.6 is 11.8 Å². The molecule has 1 aliphatic rings. The molecule has 21 heavy (non-hydrogen) atoms. The number of carbonyl (C=O) groups is 2. The van der Waals surface area contributed by atoms with Crippen LogP contribution in [0.3, 0.4) is 0 Å². The van der Waals surface area contributed by atoms with Gasteiger partial charge in [-0.2, -0.15) is 0 Å². The van der Waals surface area contributed by atoms with Crippen molar-refractivity contribution in [3.63, 3.8) is 0 Å². The second-order valence-corrected chi connectivity index (χ2v) is 5.75. The lowest BCUT2D eigenvalue weighted by atomic mass is 10.1. The lowest BCUT2D eigenvalue weighted by molar-refractivity contribution is -0.123. The minimum atomic E-state index is -0.266. The van der Waals surface area contributed by atoms with E-state index < -0.39 is 0 Å². The van der Waals surface area contributed by atoms with Gasteiger partial charge in [-0.1, -0.05) is 0 Å². The maximum Gasteiger partial charge on any atom is 0.293 e. The van der Waals surface area contributed by atoms with Gasteiger partial charge in [0.2, 0.25) is 0 Å². The van der Waals surface area contributed by atoms with E-state index in [9.17, 15) is 9.59 Å². The van der Waals surface area contributed by atoms with Crippen molar-refractivity contribution in [1.82, 2.24) is 4.90 Å². The first kappa shape index (κ1) is 15.4. The Balaban J connectivity index is 2.37. The first-order chi connectivity index (χ1) is 9.97. The number of imide groups is 1. The summed E-state index contributed by atoms with van der Waals surface area (Å²) in [5, 5.41) is -0.242. The molecule has 0 N–H and O–H groups in total. The van der Waals surface area contributed by atoms with Crippen molar-refractivity contribution in [1.29, 1.82) is 0 Å². The van der Waals surface area contributed by atoms with E-state index in [2.05, 4.69) is 0 Å². The molecule has 5 nitrogen and oxygen atoms in total. The Morgan fingerprint density at radius 3 is 2.43 bits per heavy atom.